The number of aliphatic hydroxyl groups is 1. The van der Waals surface area contributed by atoms with Crippen molar-refractivity contribution >= 4 is 101 Å². The molecule has 0 unspecified atom stereocenters. The van der Waals surface area contributed by atoms with Crippen LogP contribution in [0.2, 0.25) is 0 Å². The van der Waals surface area contributed by atoms with Crippen LogP contribution in [0.3, 0.4) is 0 Å². The van der Waals surface area contributed by atoms with Crippen LogP contribution in [0.1, 0.15) is 114 Å². The van der Waals surface area contributed by atoms with Gasteiger partial charge in [-0.15, -0.1) is 0 Å². The van der Waals surface area contributed by atoms with Crippen LogP contribution >= 0.6 is 0 Å². The van der Waals surface area contributed by atoms with Crippen LogP contribution in [0, 0.1) is 11.3 Å². The highest BCUT2D eigenvalue weighted by Crippen LogP contribution is 2.21. The molecule has 117 heavy (non-hydrogen) atoms. The number of phenolic OH excluding ortho intramolecular Hbond substituents is 1. The van der Waals surface area contributed by atoms with Crippen molar-refractivity contribution in [2.24, 2.45) is 28.9 Å². The highest BCUT2D eigenvalue weighted by Gasteiger charge is 2.41. The number of aliphatic carboxylic acids is 2. The topological polar surface area (TPSA) is 642 Å². The van der Waals surface area contributed by atoms with E-state index in [9.17, 15) is 97.1 Å². The molecular formula is C78H109N19O20. The number of nitrogens with one attached hydrogen (secondary N) is 14. The molecule has 5 rings (SSSR count). The number of carboxylic acids is 2. The predicted octanol–water partition coefficient (Wildman–Crippen LogP) is -4.66. The van der Waals surface area contributed by atoms with Crippen molar-refractivity contribution in [3.8, 4) is 5.75 Å². The van der Waals surface area contributed by atoms with E-state index < -0.39 is 206 Å². The lowest BCUT2D eigenvalue weighted by atomic mass is 10.0. The summed E-state index contributed by atoms with van der Waals surface area (Å²) in [5, 5.41) is 80.8. The fourth-order valence-electron chi connectivity index (χ4n) is 12.5. The van der Waals surface area contributed by atoms with E-state index in [1.165, 1.54) is 24.3 Å². The first kappa shape index (κ1) is 94.9. The molecule has 1 heterocycles. The zero-order valence-corrected chi connectivity index (χ0v) is 65.4. The lowest BCUT2D eigenvalue weighted by Gasteiger charge is -2.30. The lowest BCUT2D eigenvalue weighted by Crippen LogP contribution is -2.62. The molecule has 4 aromatic rings. The molecule has 636 valence electrons. The van der Waals surface area contributed by atoms with E-state index in [2.05, 4.69) is 69.1 Å². The second-order valence-electron chi connectivity index (χ2n) is 28.6. The fourth-order valence-corrected chi connectivity index (χ4v) is 12.5. The number of rotatable bonds is 50. The summed E-state index contributed by atoms with van der Waals surface area (Å²) in [6, 6.07) is 13.3. The monoisotopic (exact) mass is 1630 g/mol. The fraction of sp³-hybridized carbons (Fsp3) is 0.474. The number of aromatic hydroxyl groups is 1. The third-order valence-corrected chi connectivity index (χ3v) is 18.6. The van der Waals surface area contributed by atoms with Gasteiger partial charge in [0.05, 0.1) is 32.2 Å². The smallest absolute Gasteiger partial charge is 0.326 e. The number of phenols is 1. The molecule has 14 amide bonds. The number of hydrogen-bond acceptors (Lipinski definition) is 21. The van der Waals surface area contributed by atoms with Gasteiger partial charge in [0.1, 0.15) is 72.2 Å². The van der Waals surface area contributed by atoms with Gasteiger partial charge in [0.2, 0.25) is 82.7 Å². The number of amides is 14. The standard InChI is InChI=1S/C78H109N19O20/c1-44(2)35-54(92-68(107)51(24-15-33-84-78(82)83)90-69(108)56(88-62(101)41-80)37-47-19-9-5-10-20-47)73(112)96-66(45(3)98)75(114)95-59(40-61(81)100)72(111)93-55(36-46-17-7-4-8-18-46)67(106)85-42-64(103)89-57(39-49-26-28-50(99)29-27-49)70(109)94-58(38-48-21-11-6-12-22-48)71(110)91-52(30-31-65(104)105)76(115)97-34-16-25-60(97)74(113)86-43-63(102)87-53(77(116)117)23-13-14-32-79/h4-12,17-22,26-29,44-45,51-60,66,98-99H,13-16,23-25,30-43,79-80H2,1-3H3,(H2,81,100)(H,85,106)(H,86,113)(H,87,102)(H,88,101)(H,89,103)(H,90,108)(H,91,110)(H,92,107)(H,93,111)(H,94,109)(H,95,114)(H,96,112)(H,104,105)(H,116,117)(H4,82,83,84)/t45-,51+,52+,53+,54+,55+,56+,57+,58+,59+,60+,66+/m1/s1. The van der Waals surface area contributed by atoms with E-state index >= 15 is 0 Å². The number of benzene rings is 4. The van der Waals surface area contributed by atoms with Gasteiger partial charge in [-0.25, -0.2) is 4.79 Å². The minimum atomic E-state index is -1.94. The van der Waals surface area contributed by atoms with Crippen LogP contribution in [-0.2, 0) is 102 Å². The molecule has 1 aliphatic rings. The number of carboxylic acid groups (broad SMARTS) is 2. The normalized spacial score (nSPS) is 15.1. The highest BCUT2D eigenvalue weighted by atomic mass is 16.4. The van der Waals surface area contributed by atoms with Crippen molar-refractivity contribution in [2.75, 3.05) is 39.3 Å². The Bertz CT molecular complexity index is 4050. The summed E-state index contributed by atoms with van der Waals surface area (Å²) in [6.45, 7) is 2.80. The predicted molar refractivity (Wildman–Crippen MR) is 423 cm³/mol. The maximum absolute atomic E-state index is 14.8. The Balaban J connectivity index is 1.35. The lowest BCUT2D eigenvalue weighted by molar-refractivity contribution is -0.144. The zero-order chi connectivity index (χ0) is 86.3. The molecule has 39 heteroatoms. The number of unbranched alkanes of at least 4 members (excludes halogenated alkanes) is 1. The number of likely N-dealkylation sites (tertiary alicyclic amines) is 1. The van der Waals surface area contributed by atoms with Gasteiger partial charge < -0.3 is 117 Å². The summed E-state index contributed by atoms with van der Waals surface area (Å²) in [5.41, 5.74) is 24.1. The van der Waals surface area contributed by atoms with Crippen LogP contribution in [0.15, 0.2) is 115 Å². The molecule has 12 atom stereocenters. The number of hydrogen-bond donors (Lipinski definition) is 22. The number of carbonyl (C=O) groups is 16. The Kier molecular flexibility index (Phi) is 39.9. The van der Waals surface area contributed by atoms with Gasteiger partial charge in [-0.1, -0.05) is 117 Å². The van der Waals surface area contributed by atoms with Gasteiger partial charge in [-0.3, -0.25) is 77.3 Å². The average molecular weight is 1630 g/mol. The molecule has 39 nitrogen and oxygen atoms in total. The second kappa shape index (κ2) is 49.2. The SMILES string of the molecule is CC(C)C[C@H](NC(=O)[C@H](CCCNC(=N)N)NC(=O)[C@H](Cc1ccccc1)NC(=O)CN)C(=O)N[C@H](C(=O)N[C@@H](CC(N)=O)C(=O)N[C@@H](Cc1ccccc1)C(=O)NCC(=O)N[C@@H](Cc1ccc(O)cc1)C(=O)N[C@@H](Cc1ccccc1)C(=O)N[C@@H](CCC(=O)O)C(=O)N1CCC[C@H]1C(=O)NCC(=O)N[C@@H](CCCCN)C(=O)O)[C@@H](C)O. The summed E-state index contributed by atoms with van der Waals surface area (Å²) in [6.07, 6.45) is -3.58. The molecule has 1 saturated heterocycles. The number of guanidine groups is 1. The summed E-state index contributed by atoms with van der Waals surface area (Å²) < 4.78 is 0. The zero-order valence-electron chi connectivity index (χ0n) is 65.4. The molecule has 0 radical (unpaired) electrons. The Labute approximate surface area is 675 Å². The van der Waals surface area contributed by atoms with E-state index in [1.54, 1.807) is 105 Å². The minimum absolute atomic E-state index is 0.0169. The first-order valence-electron chi connectivity index (χ1n) is 38.3. The van der Waals surface area contributed by atoms with Crippen LogP contribution in [0.25, 0.3) is 0 Å². The number of carbonyl (C=O) groups excluding carboxylic acids is 14. The van der Waals surface area contributed by atoms with Gasteiger partial charge in [0, 0.05) is 45.2 Å². The number of nitrogens with two attached hydrogens (primary N) is 4. The molecule has 0 spiro atoms. The molecule has 1 aliphatic heterocycles. The summed E-state index contributed by atoms with van der Waals surface area (Å²) >= 11 is 0. The van der Waals surface area contributed by atoms with E-state index in [1.807, 2.05) is 0 Å². The van der Waals surface area contributed by atoms with Crippen LogP contribution in [-0.4, -0.2) is 238 Å². The van der Waals surface area contributed by atoms with E-state index in [0.29, 0.717) is 41.6 Å². The van der Waals surface area contributed by atoms with Crippen LogP contribution < -0.4 is 92.1 Å². The Morgan fingerprint density at radius 3 is 1.39 bits per heavy atom. The second-order valence-corrected chi connectivity index (χ2v) is 28.6. The van der Waals surface area contributed by atoms with Gasteiger partial charge >= 0.3 is 11.9 Å². The summed E-state index contributed by atoms with van der Waals surface area (Å²) in [7, 11) is 0. The van der Waals surface area contributed by atoms with Crippen molar-refractivity contribution < 1.29 is 97.1 Å². The summed E-state index contributed by atoms with van der Waals surface area (Å²) in [5.74, 6) is -17.2. The van der Waals surface area contributed by atoms with Gasteiger partial charge in [-0.05, 0) is 112 Å². The van der Waals surface area contributed by atoms with E-state index in [-0.39, 0.29) is 94.9 Å². The Morgan fingerprint density at radius 2 is 0.906 bits per heavy atom. The van der Waals surface area contributed by atoms with E-state index in [4.69, 9.17) is 28.3 Å². The van der Waals surface area contributed by atoms with E-state index in [0.717, 1.165) is 11.8 Å². The third-order valence-electron chi connectivity index (χ3n) is 18.6. The summed E-state index contributed by atoms with van der Waals surface area (Å²) in [4.78, 5) is 221. The molecule has 1 fully saturated rings. The van der Waals surface area contributed by atoms with Crippen molar-refractivity contribution in [2.45, 2.75) is 190 Å². The van der Waals surface area contributed by atoms with Gasteiger partial charge in [0.15, 0.2) is 5.96 Å². The molecule has 4 aromatic carbocycles. The minimum Gasteiger partial charge on any atom is -0.508 e. The average Bonchev–Trinajstić information content (AvgIpc) is 1.60. The Morgan fingerprint density at radius 1 is 0.470 bits per heavy atom. The Hall–Kier alpha value is -12.6. The first-order chi connectivity index (χ1) is 55.6. The van der Waals surface area contributed by atoms with Gasteiger partial charge in [0.25, 0.3) is 0 Å². The highest BCUT2D eigenvalue weighted by molar-refractivity contribution is 6.01. The van der Waals surface area contributed by atoms with Crippen molar-refractivity contribution in [3.05, 3.63) is 138 Å². The maximum Gasteiger partial charge on any atom is 0.326 e. The van der Waals surface area contributed by atoms with Crippen LogP contribution in [0.4, 0.5) is 0 Å². The van der Waals surface area contributed by atoms with Gasteiger partial charge in [-0.2, -0.15) is 0 Å². The number of nitrogens with zero attached hydrogens (tertiary/aromatic N) is 1. The maximum atomic E-state index is 14.8. The number of primary amides is 1. The molecular weight excluding hydrogens is 1520 g/mol. The largest absolute Gasteiger partial charge is 0.508 e. The van der Waals surface area contributed by atoms with Crippen molar-refractivity contribution in [1.29, 1.82) is 5.41 Å². The van der Waals surface area contributed by atoms with Crippen LogP contribution in [0.5, 0.6) is 5.75 Å². The number of aliphatic hydroxyl groups excluding tert-OH is 1. The third kappa shape index (κ3) is 34.1. The molecule has 0 aromatic heterocycles. The quantitative estimate of drug-likeness (QED) is 0.0112. The van der Waals surface area contributed by atoms with Crippen molar-refractivity contribution in [3.63, 3.8) is 0 Å². The molecule has 0 bridgehead atoms. The first-order valence-corrected chi connectivity index (χ1v) is 38.3. The molecule has 0 saturated carbocycles. The molecule has 0 aliphatic carbocycles. The molecule has 26 N–H and O–H groups in total. The van der Waals surface area contributed by atoms with Crippen molar-refractivity contribution in [1.82, 2.24) is 74.0 Å².